The molecule has 1 aliphatic rings. The van der Waals surface area contributed by atoms with Gasteiger partial charge in [0.05, 0.1) is 17.0 Å². The van der Waals surface area contributed by atoms with Crippen molar-refractivity contribution in [1.29, 1.82) is 0 Å². The molecule has 142 valence electrons. The maximum Gasteiger partial charge on any atom is 0.416 e. The molecule has 0 saturated carbocycles. The molecule has 3 aromatic rings. The monoisotopic (exact) mass is 394 g/mol. The van der Waals surface area contributed by atoms with E-state index in [0.29, 0.717) is 50.1 Å². The molecule has 27 heavy (non-hydrogen) atoms. The molecule has 1 saturated heterocycles. The summed E-state index contributed by atoms with van der Waals surface area (Å²) in [6, 6.07) is 9.35. The van der Waals surface area contributed by atoms with Crippen LogP contribution in [-0.4, -0.2) is 41.2 Å². The second-order valence-corrected chi connectivity index (χ2v) is 7.25. The van der Waals surface area contributed by atoms with E-state index >= 15 is 0 Å². The van der Waals surface area contributed by atoms with Crippen molar-refractivity contribution in [2.45, 2.75) is 12.7 Å². The number of hydrogen-bond acceptors (Lipinski definition) is 6. The first-order valence-electron chi connectivity index (χ1n) is 8.50. The quantitative estimate of drug-likeness (QED) is 0.666. The molecule has 1 aromatic carbocycles. The summed E-state index contributed by atoms with van der Waals surface area (Å²) in [5, 5.41) is 5.96. The minimum atomic E-state index is -4.32. The summed E-state index contributed by atoms with van der Waals surface area (Å²) in [6.45, 7) is 3.26. The Labute approximate surface area is 158 Å². The summed E-state index contributed by atoms with van der Waals surface area (Å²) >= 11 is 1.55. The summed E-state index contributed by atoms with van der Waals surface area (Å²) in [5.74, 6) is 1.13. The first-order chi connectivity index (χ1) is 13.0. The van der Waals surface area contributed by atoms with E-state index < -0.39 is 11.7 Å². The zero-order valence-corrected chi connectivity index (χ0v) is 15.1. The number of alkyl halides is 3. The number of nitrogens with zero attached hydrogens (tertiary/aromatic N) is 4. The minimum Gasteiger partial charge on any atom is -0.369 e. The van der Waals surface area contributed by atoms with Crippen LogP contribution in [0.15, 0.2) is 46.3 Å². The van der Waals surface area contributed by atoms with Crippen molar-refractivity contribution in [3.63, 3.8) is 0 Å². The maximum atomic E-state index is 12.9. The molecular weight excluding hydrogens is 377 g/mol. The zero-order valence-electron chi connectivity index (χ0n) is 14.3. The number of hydrogen-bond donors (Lipinski definition) is 0. The summed E-state index contributed by atoms with van der Waals surface area (Å²) in [6.07, 6.45) is -4.32. The molecule has 1 fully saturated rings. The Balaban J connectivity index is 1.36. The topological polar surface area (TPSA) is 45.4 Å². The number of halogens is 3. The van der Waals surface area contributed by atoms with Crippen LogP contribution in [0.1, 0.15) is 11.5 Å². The van der Waals surface area contributed by atoms with Gasteiger partial charge in [-0.05, 0) is 29.6 Å². The van der Waals surface area contributed by atoms with Crippen molar-refractivity contribution in [2.24, 2.45) is 0 Å². The molecule has 1 aliphatic heterocycles. The van der Waals surface area contributed by atoms with Gasteiger partial charge in [0.25, 0.3) is 0 Å². The zero-order chi connectivity index (χ0) is 18.9. The molecule has 0 radical (unpaired) electrons. The third-order valence-corrected chi connectivity index (χ3v) is 5.35. The van der Waals surface area contributed by atoms with Crippen molar-refractivity contribution in [2.75, 3.05) is 31.1 Å². The van der Waals surface area contributed by atoms with Crippen LogP contribution in [0.3, 0.4) is 0 Å². The highest BCUT2D eigenvalue weighted by Gasteiger charge is 2.31. The summed E-state index contributed by atoms with van der Waals surface area (Å²) in [7, 11) is 0. The lowest BCUT2D eigenvalue weighted by Gasteiger charge is -2.35. The first kappa shape index (κ1) is 18.0. The highest BCUT2D eigenvalue weighted by molar-refractivity contribution is 7.13. The van der Waals surface area contributed by atoms with Crippen LogP contribution in [0.25, 0.3) is 10.7 Å². The predicted molar refractivity (Wildman–Crippen MR) is 96.5 cm³/mol. The van der Waals surface area contributed by atoms with Crippen LogP contribution >= 0.6 is 11.3 Å². The fraction of sp³-hybridized carbons (Fsp3) is 0.333. The fourth-order valence-corrected chi connectivity index (χ4v) is 3.71. The molecule has 0 N–H and O–H groups in total. The van der Waals surface area contributed by atoms with Gasteiger partial charge in [-0.1, -0.05) is 17.3 Å². The number of benzene rings is 1. The Bertz CT molecular complexity index is 886. The molecule has 5 nitrogen and oxygen atoms in total. The van der Waals surface area contributed by atoms with E-state index in [-0.39, 0.29) is 0 Å². The molecule has 9 heteroatoms. The van der Waals surface area contributed by atoms with Gasteiger partial charge in [-0.3, -0.25) is 4.90 Å². The first-order valence-corrected chi connectivity index (χ1v) is 9.38. The molecule has 0 aliphatic carbocycles. The summed E-state index contributed by atoms with van der Waals surface area (Å²) in [5.41, 5.74) is -0.0170. The van der Waals surface area contributed by atoms with Crippen molar-refractivity contribution < 1.29 is 17.7 Å². The van der Waals surface area contributed by atoms with E-state index in [4.69, 9.17) is 4.52 Å². The van der Waals surface area contributed by atoms with Crippen LogP contribution in [0.4, 0.5) is 18.9 Å². The normalized spacial score (nSPS) is 16.0. The van der Waals surface area contributed by atoms with E-state index in [0.717, 1.165) is 10.9 Å². The van der Waals surface area contributed by atoms with Crippen LogP contribution < -0.4 is 4.90 Å². The van der Waals surface area contributed by atoms with Crippen LogP contribution in [-0.2, 0) is 12.7 Å². The Kier molecular flexibility index (Phi) is 4.88. The van der Waals surface area contributed by atoms with E-state index in [2.05, 4.69) is 15.0 Å². The van der Waals surface area contributed by atoms with E-state index in [1.165, 1.54) is 12.1 Å². The Morgan fingerprint density at radius 1 is 1.07 bits per heavy atom. The number of piperazine rings is 1. The third kappa shape index (κ3) is 4.14. The average Bonchev–Trinajstić information content (AvgIpc) is 3.33. The Hall–Kier alpha value is -2.39. The van der Waals surface area contributed by atoms with Crippen LogP contribution in [0, 0.1) is 0 Å². The highest BCUT2D eigenvalue weighted by atomic mass is 32.1. The van der Waals surface area contributed by atoms with Gasteiger partial charge in [-0.2, -0.15) is 18.2 Å². The van der Waals surface area contributed by atoms with Gasteiger partial charge in [-0.15, -0.1) is 11.3 Å². The smallest absolute Gasteiger partial charge is 0.369 e. The van der Waals surface area contributed by atoms with E-state index in [1.54, 1.807) is 17.4 Å². The number of rotatable bonds is 4. The van der Waals surface area contributed by atoms with Gasteiger partial charge in [0.15, 0.2) is 0 Å². The number of aromatic nitrogens is 2. The molecule has 0 unspecified atom stereocenters. The predicted octanol–water partition coefficient (Wildman–Crippen LogP) is 4.14. The number of anilines is 1. The van der Waals surface area contributed by atoms with Gasteiger partial charge in [0.2, 0.25) is 11.7 Å². The van der Waals surface area contributed by atoms with Gasteiger partial charge >= 0.3 is 6.18 Å². The van der Waals surface area contributed by atoms with Crippen molar-refractivity contribution in [3.05, 3.63) is 53.2 Å². The number of thiophene rings is 1. The lowest BCUT2D eigenvalue weighted by molar-refractivity contribution is -0.137. The maximum absolute atomic E-state index is 12.9. The minimum absolute atomic E-state index is 0.537. The second kappa shape index (κ2) is 7.32. The molecule has 2 aromatic heterocycles. The highest BCUT2D eigenvalue weighted by Crippen LogP contribution is 2.32. The summed E-state index contributed by atoms with van der Waals surface area (Å²) in [4.78, 5) is 9.50. The van der Waals surface area contributed by atoms with Gasteiger partial charge in [-0.25, -0.2) is 0 Å². The Morgan fingerprint density at radius 2 is 1.89 bits per heavy atom. The van der Waals surface area contributed by atoms with Crippen LogP contribution in [0.2, 0.25) is 0 Å². The van der Waals surface area contributed by atoms with Crippen molar-refractivity contribution in [3.8, 4) is 10.7 Å². The Morgan fingerprint density at radius 3 is 2.59 bits per heavy atom. The molecule has 0 amide bonds. The summed E-state index contributed by atoms with van der Waals surface area (Å²) < 4.78 is 44.0. The molecule has 0 atom stereocenters. The third-order valence-electron chi connectivity index (χ3n) is 4.48. The second-order valence-electron chi connectivity index (χ2n) is 6.30. The fourth-order valence-electron chi connectivity index (χ4n) is 3.06. The molecule has 0 spiro atoms. The van der Waals surface area contributed by atoms with Gasteiger partial charge in [0, 0.05) is 31.9 Å². The lowest BCUT2D eigenvalue weighted by Crippen LogP contribution is -2.46. The van der Waals surface area contributed by atoms with Gasteiger partial charge in [0.1, 0.15) is 0 Å². The van der Waals surface area contributed by atoms with Gasteiger partial charge < -0.3 is 9.42 Å². The molecule has 3 heterocycles. The molecular formula is C18H17F3N4OS. The molecule has 0 bridgehead atoms. The van der Waals surface area contributed by atoms with Crippen molar-refractivity contribution >= 4 is 17.0 Å². The lowest BCUT2D eigenvalue weighted by atomic mass is 10.1. The molecule has 4 rings (SSSR count). The van der Waals surface area contributed by atoms with E-state index in [9.17, 15) is 13.2 Å². The van der Waals surface area contributed by atoms with E-state index in [1.807, 2.05) is 22.4 Å². The van der Waals surface area contributed by atoms with Crippen molar-refractivity contribution in [1.82, 2.24) is 15.0 Å². The standard InChI is InChI=1S/C18H17F3N4OS/c19-18(20,21)13-3-1-4-14(11-13)25-8-6-24(7-9-25)12-16-22-17(23-26-16)15-5-2-10-27-15/h1-5,10-11H,6-9,12H2. The largest absolute Gasteiger partial charge is 0.416 e. The SMILES string of the molecule is FC(F)(F)c1cccc(N2CCN(Cc3nc(-c4cccs4)no3)CC2)c1. The average molecular weight is 394 g/mol. The van der Waals surface area contributed by atoms with Crippen LogP contribution in [0.5, 0.6) is 0 Å².